The van der Waals surface area contributed by atoms with Gasteiger partial charge in [0, 0.05) is 13.1 Å². The van der Waals surface area contributed by atoms with Crippen LogP contribution in [0.5, 0.6) is 0 Å². The molecule has 3 nitrogen and oxygen atoms in total. The van der Waals surface area contributed by atoms with Gasteiger partial charge < -0.3 is 5.32 Å². The van der Waals surface area contributed by atoms with Gasteiger partial charge >= 0.3 is 0 Å². The van der Waals surface area contributed by atoms with E-state index in [1.165, 1.54) is 19.3 Å². The van der Waals surface area contributed by atoms with Crippen molar-refractivity contribution in [1.82, 2.24) is 10.8 Å². The SMILES string of the molecule is CCCCCNO[C@@H]1CCNC1. The summed E-state index contributed by atoms with van der Waals surface area (Å²) in [6.45, 7) is 5.30. The third-order valence-corrected chi connectivity index (χ3v) is 2.15. The Hall–Kier alpha value is -0.120. The van der Waals surface area contributed by atoms with Crippen LogP contribution in [0.25, 0.3) is 0 Å². The van der Waals surface area contributed by atoms with E-state index in [1.807, 2.05) is 0 Å². The molecule has 1 fully saturated rings. The molecular weight excluding hydrogens is 152 g/mol. The Morgan fingerprint density at radius 3 is 3.08 bits per heavy atom. The monoisotopic (exact) mass is 172 g/mol. The van der Waals surface area contributed by atoms with E-state index in [4.69, 9.17) is 4.84 Å². The van der Waals surface area contributed by atoms with Crippen LogP contribution in [0.15, 0.2) is 0 Å². The van der Waals surface area contributed by atoms with E-state index in [0.717, 1.165) is 26.1 Å². The van der Waals surface area contributed by atoms with Crippen LogP contribution in [0.2, 0.25) is 0 Å². The van der Waals surface area contributed by atoms with Crippen molar-refractivity contribution in [3.05, 3.63) is 0 Å². The Morgan fingerprint density at radius 1 is 1.50 bits per heavy atom. The lowest BCUT2D eigenvalue weighted by Crippen LogP contribution is -2.26. The lowest BCUT2D eigenvalue weighted by molar-refractivity contribution is -0.0141. The van der Waals surface area contributed by atoms with Gasteiger partial charge in [-0.3, -0.25) is 4.84 Å². The Morgan fingerprint density at radius 2 is 2.42 bits per heavy atom. The molecule has 0 radical (unpaired) electrons. The maximum absolute atomic E-state index is 5.44. The summed E-state index contributed by atoms with van der Waals surface area (Å²) >= 11 is 0. The fourth-order valence-electron chi connectivity index (χ4n) is 1.35. The summed E-state index contributed by atoms with van der Waals surface area (Å²) in [4.78, 5) is 5.44. The van der Waals surface area contributed by atoms with E-state index in [1.54, 1.807) is 0 Å². The van der Waals surface area contributed by atoms with Crippen molar-refractivity contribution < 1.29 is 4.84 Å². The first-order valence-corrected chi connectivity index (χ1v) is 5.02. The predicted molar refractivity (Wildman–Crippen MR) is 49.9 cm³/mol. The van der Waals surface area contributed by atoms with Gasteiger partial charge in [0.25, 0.3) is 0 Å². The highest BCUT2D eigenvalue weighted by molar-refractivity contribution is 4.69. The largest absolute Gasteiger partial charge is 0.314 e. The van der Waals surface area contributed by atoms with Crippen molar-refractivity contribution >= 4 is 0 Å². The maximum Gasteiger partial charge on any atom is 0.0926 e. The fourth-order valence-corrected chi connectivity index (χ4v) is 1.35. The van der Waals surface area contributed by atoms with E-state index >= 15 is 0 Å². The van der Waals surface area contributed by atoms with Crippen molar-refractivity contribution in [3.8, 4) is 0 Å². The number of unbranched alkanes of at least 4 members (excludes halogenated alkanes) is 2. The lowest BCUT2D eigenvalue weighted by Gasteiger charge is -2.10. The van der Waals surface area contributed by atoms with E-state index in [9.17, 15) is 0 Å². The van der Waals surface area contributed by atoms with Crippen LogP contribution in [0.1, 0.15) is 32.6 Å². The Labute approximate surface area is 74.8 Å². The minimum Gasteiger partial charge on any atom is -0.314 e. The standard InChI is InChI=1S/C9H20N2O/c1-2-3-4-6-11-12-9-5-7-10-8-9/h9-11H,2-8H2,1H3/t9-/m1/s1. The van der Waals surface area contributed by atoms with Crippen molar-refractivity contribution in [2.24, 2.45) is 0 Å². The van der Waals surface area contributed by atoms with Gasteiger partial charge in [0.1, 0.15) is 0 Å². The Kier molecular flexibility index (Phi) is 5.32. The fraction of sp³-hybridized carbons (Fsp3) is 1.00. The van der Waals surface area contributed by atoms with Crippen LogP contribution in [0.4, 0.5) is 0 Å². The van der Waals surface area contributed by atoms with E-state index in [2.05, 4.69) is 17.7 Å². The van der Waals surface area contributed by atoms with Gasteiger partial charge in [-0.2, -0.15) is 0 Å². The third kappa shape index (κ3) is 4.04. The average molecular weight is 172 g/mol. The summed E-state index contributed by atoms with van der Waals surface area (Å²) in [5, 5.41) is 3.26. The van der Waals surface area contributed by atoms with Gasteiger partial charge in [-0.05, 0) is 19.4 Å². The molecular formula is C9H20N2O. The summed E-state index contributed by atoms with van der Waals surface area (Å²) < 4.78 is 0. The number of hydrogen-bond acceptors (Lipinski definition) is 3. The molecule has 1 rings (SSSR count). The zero-order valence-electron chi connectivity index (χ0n) is 7.94. The third-order valence-electron chi connectivity index (χ3n) is 2.15. The van der Waals surface area contributed by atoms with Crippen LogP contribution in [0, 0.1) is 0 Å². The molecule has 0 aromatic carbocycles. The number of nitrogens with one attached hydrogen (secondary N) is 2. The van der Waals surface area contributed by atoms with Crippen molar-refractivity contribution in [3.63, 3.8) is 0 Å². The van der Waals surface area contributed by atoms with Crippen LogP contribution < -0.4 is 10.8 Å². The molecule has 0 amide bonds. The van der Waals surface area contributed by atoms with E-state index < -0.39 is 0 Å². The van der Waals surface area contributed by atoms with Crippen molar-refractivity contribution in [1.29, 1.82) is 0 Å². The molecule has 0 saturated carbocycles. The second-order valence-electron chi connectivity index (χ2n) is 3.33. The van der Waals surface area contributed by atoms with Crippen LogP contribution in [-0.2, 0) is 4.84 Å². The van der Waals surface area contributed by atoms with Gasteiger partial charge in [-0.25, -0.2) is 5.48 Å². The molecule has 0 spiro atoms. The number of hydroxylamine groups is 1. The molecule has 1 heterocycles. The van der Waals surface area contributed by atoms with Gasteiger partial charge in [-0.1, -0.05) is 19.8 Å². The zero-order valence-corrected chi connectivity index (χ0v) is 7.94. The Bertz CT molecular complexity index is 103. The van der Waals surface area contributed by atoms with Crippen LogP contribution in [-0.4, -0.2) is 25.7 Å². The first kappa shape index (κ1) is 9.96. The molecule has 12 heavy (non-hydrogen) atoms. The minimum absolute atomic E-state index is 0.395. The molecule has 0 aromatic heterocycles. The topological polar surface area (TPSA) is 33.3 Å². The summed E-state index contributed by atoms with van der Waals surface area (Å²) in [6, 6.07) is 0. The van der Waals surface area contributed by atoms with Gasteiger partial charge in [0.05, 0.1) is 6.10 Å². The highest BCUT2D eigenvalue weighted by Gasteiger charge is 2.14. The summed E-state index contributed by atoms with van der Waals surface area (Å²) in [6.07, 6.45) is 5.32. The number of rotatable bonds is 6. The minimum atomic E-state index is 0.395. The summed E-state index contributed by atoms with van der Waals surface area (Å²) in [5.74, 6) is 0. The Balaban J connectivity index is 1.81. The first-order valence-electron chi connectivity index (χ1n) is 5.02. The second-order valence-corrected chi connectivity index (χ2v) is 3.33. The zero-order chi connectivity index (χ0) is 8.65. The summed E-state index contributed by atoms with van der Waals surface area (Å²) in [7, 11) is 0. The van der Waals surface area contributed by atoms with Crippen LogP contribution >= 0.6 is 0 Å². The van der Waals surface area contributed by atoms with Gasteiger partial charge in [0.2, 0.25) is 0 Å². The van der Waals surface area contributed by atoms with Gasteiger partial charge in [0.15, 0.2) is 0 Å². The second kappa shape index (κ2) is 6.40. The molecule has 0 aromatic rings. The quantitative estimate of drug-likeness (QED) is 0.464. The van der Waals surface area contributed by atoms with Crippen LogP contribution in [0.3, 0.4) is 0 Å². The maximum atomic E-state index is 5.44. The highest BCUT2D eigenvalue weighted by Crippen LogP contribution is 2.00. The van der Waals surface area contributed by atoms with Crippen molar-refractivity contribution in [2.45, 2.75) is 38.7 Å². The van der Waals surface area contributed by atoms with E-state index in [-0.39, 0.29) is 0 Å². The molecule has 1 atom stereocenters. The van der Waals surface area contributed by atoms with E-state index in [0.29, 0.717) is 6.10 Å². The molecule has 72 valence electrons. The molecule has 0 unspecified atom stereocenters. The molecule has 2 N–H and O–H groups in total. The summed E-state index contributed by atoms with van der Waals surface area (Å²) in [5.41, 5.74) is 3.02. The molecule has 1 aliphatic heterocycles. The predicted octanol–water partition coefficient (Wildman–Crippen LogP) is 1.06. The normalized spacial score (nSPS) is 23.2. The first-order chi connectivity index (χ1) is 5.93. The van der Waals surface area contributed by atoms with Gasteiger partial charge in [-0.15, -0.1) is 0 Å². The molecule has 3 heteroatoms. The average Bonchev–Trinajstić information content (AvgIpc) is 2.57. The molecule has 1 saturated heterocycles. The molecule has 0 aliphatic carbocycles. The highest BCUT2D eigenvalue weighted by atomic mass is 16.7. The number of hydrogen-bond donors (Lipinski definition) is 2. The smallest absolute Gasteiger partial charge is 0.0926 e. The van der Waals surface area contributed by atoms with Crippen molar-refractivity contribution in [2.75, 3.05) is 19.6 Å². The lowest BCUT2D eigenvalue weighted by atomic mass is 10.2. The molecule has 1 aliphatic rings. The molecule has 0 bridgehead atoms.